The van der Waals surface area contributed by atoms with Gasteiger partial charge in [0.25, 0.3) is 0 Å². The summed E-state index contributed by atoms with van der Waals surface area (Å²) in [4.78, 5) is 35.8. The number of phosphoric acid groups is 1. The second-order valence-corrected chi connectivity index (χ2v) is 17.5. The van der Waals surface area contributed by atoms with E-state index in [2.05, 4.69) is 62.5 Å². The van der Waals surface area contributed by atoms with E-state index in [0.29, 0.717) is 19.3 Å². The molecule has 384 valence electrons. The molecule has 1 saturated carbocycles. The number of aliphatic hydroxyl groups excluding tert-OH is 8. The van der Waals surface area contributed by atoms with E-state index in [1.165, 1.54) is 6.08 Å². The van der Waals surface area contributed by atoms with Crippen molar-refractivity contribution in [1.82, 2.24) is 0 Å². The lowest BCUT2D eigenvalue weighted by atomic mass is 9.85. The molecule has 0 aromatic heterocycles. The minimum atomic E-state index is -5.24. The standard InChI is InChI=1S/C51H79O16P/c1-3-5-7-8-9-10-11-12-13-14-15-16-17-18-19-20-21-26-30-36-44(55)64-38-41(39-65-68(62,63)67-51-49(60)47(58)46(57)48(59)50(51)61)66-45(56)37-31-35-43(54)42(53)34-29-25-23-22-24-28-33-40(52)32-27-6-4-2/h5,7,9-10,12-13,15-16,18-19,21-26,28-29,33-34,40-43,46-54,57-61H,3-4,6,8,11,14,17,20,27,30-32,35-39H2,1-2H3,(H,62,63)/b7-5-,10-9-,13-12-,16-15-,19-18-,24-22-,25-23+,26-21-,33-28+,34-29+/t40-,41+,42-,43-,46?,47-,48+,49+,50+,51?/m0/s1. The lowest BCUT2D eigenvalue weighted by molar-refractivity contribution is -0.220. The fourth-order valence-electron chi connectivity index (χ4n) is 6.22. The molecule has 0 radical (unpaired) electrons. The van der Waals surface area contributed by atoms with Crippen molar-refractivity contribution >= 4 is 19.8 Å². The van der Waals surface area contributed by atoms with Crippen LogP contribution in [0.5, 0.6) is 0 Å². The molecule has 0 heterocycles. The van der Waals surface area contributed by atoms with Gasteiger partial charge in [-0.15, -0.1) is 0 Å². The minimum Gasteiger partial charge on any atom is -0.462 e. The van der Waals surface area contributed by atoms with E-state index < -0.39 is 94.0 Å². The van der Waals surface area contributed by atoms with Gasteiger partial charge >= 0.3 is 19.8 Å². The predicted octanol–water partition coefficient (Wildman–Crippen LogP) is 6.30. The highest BCUT2D eigenvalue weighted by molar-refractivity contribution is 7.47. The highest BCUT2D eigenvalue weighted by Crippen LogP contribution is 2.47. The fourth-order valence-corrected chi connectivity index (χ4v) is 7.20. The molecule has 0 spiro atoms. The molecule has 9 N–H and O–H groups in total. The van der Waals surface area contributed by atoms with Crippen LogP contribution in [0.3, 0.4) is 0 Å². The van der Waals surface area contributed by atoms with Gasteiger partial charge < -0.3 is 55.2 Å². The summed E-state index contributed by atoms with van der Waals surface area (Å²) >= 11 is 0. The summed E-state index contributed by atoms with van der Waals surface area (Å²) in [7, 11) is -5.24. The number of rotatable bonds is 36. The summed E-state index contributed by atoms with van der Waals surface area (Å²) in [5.74, 6) is -1.54. The second kappa shape index (κ2) is 38.9. The molecular formula is C51H79O16P. The van der Waals surface area contributed by atoms with E-state index in [4.69, 9.17) is 18.5 Å². The van der Waals surface area contributed by atoms with Gasteiger partial charge in [0, 0.05) is 12.8 Å². The molecule has 1 aliphatic rings. The third kappa shape index (κ3) is 30.6. The van der Waals surface area contributed by atoms with Gasteiger partial charge in [-0.25, -0.2) is 4.57 Å². The van der Waals surface area contributed by atoms with Crippen molar-refractivity contribution in [3.63, 3.8) is 0 Å². The number of ether oxygens (including phenoxy) is 2. The van der Waals surface area contributed by atoms with Crippen LogP contribution in [0.2, 0.25) is 0 Å². The van der Waals surface area contributed by atoms with Crippen LogP contribution in [-0.4, -0.2) is 132 Å². The SMILES string of the molecule is CC/C=C\C/C=C\C/C=C\C/C=C\C/C=C\C/C=C\CCC(=O)OC[C@H](COP(=O)(O)OC1[C@H](O)[C@H](O)C(O)[C@H](O)[C@H]1O)OC(=O)CCC[C@H](O)[C@@H](O)/C=C/C=C/C=C\C=C\[C@@H](O)CCCCC. The molecule has 0 aliphatic heterocycles. The van der Waals surface area contributed by atoms with Gasteiger partial charge in [-0.1, -0.05) is 155 Å². The topological polar surface area (TPSA) is 270 Å². The van der Waals surface area contributed by atoms with Crippen molar-refractivity contribution in [2.45, 2.75) is 171 Å². The quantitative estimate of drug-likeness (QED) is 0.0110. The number of unbranched alkanes of at least 4 members (excludes halogenated alkanes) is 2. The summed E-state index contributed by atoms with van der Waals surface area (Å²) in [6.07, 6.45) is 30.3. The second-order valence-electron chi connectivity index (χ2n) is 16.1. The Labute approximate surface area is 403 Å². The zero-order valence-electron chi connectivity index (χ0n) is 39.7. The zero-order valence-corrected chi connectivity index (χ0v) is 40.6. The number of aliphatic hydroxyl groups is 8. The monoisotopic (exact) mass is 979 g/mol. The van der Waals surface area contributed by atoms with Crippen LogP contribution in [-0.2, 0) is 32.7 Å². The molecule has 68 heavy (non-hydrogen) atoms. The molecule has 0 saturated heterocycles. The highest BCUT2D eigenvalue weighted by atomic mass is 31.2. The summed E-state index contributed by atoms with van der Waals surface area (Å²) in [6, 6.07) is 0. The van der Waals surface area contributed by atoms with Crippen LogP contribution in [0.25, 0.3) is 0 Å². The first kappa shape index (κ1) is 62.1. The Morgan fingerprint density at radius 3 is 1.62 bits per heavy atom. The van der Waals surface area contributed by atoms with Crippen molar-refractivity contribution in [3.8, 4) is 0 Å². The molecule has 3 unspecified atom stereocenters. The molecule has 0 aromatic rings. The fraction of sp³-hybridized carbons (Fsp3) is 0.569. The largest absolute Gasteiger partial charge is 0.472 e. The van der Waals surface area contributed by atoms with Crippen molar-refractivity contribution in [3.05, 3.63) is 122 Å². The summed E-state index contributed by atoms with van der Waals surface area (Å²) in [6.45, 7) is 2.71. The maximum absolute atomic E-state index is 12.8. The van der Waals surface area contributed by atoms with Crippen LogP contribution in [0, 0.1) is 0 Å². The van der Waals surface area contributed by atoms with Crippen molar-refractivity contribution in [1.29, 1.82) is 0 Å². The van der Waals surface area contributed by atoms with Crippen LogP contribution in [0.1, 0.15) is 110 Å². The number of carbonyl (C=O) groups is 2. The normalized spacial score (nSPS) is 23.5. The molecule has 0 aromatic carbocycles. The number of allylic oxidation sites excluding steroid dienone is 18. The Morgan fingerprint density at radius 2 is 1.07 bits per heavy atom. The zero-order chi connectivity index (χ0) is 50.4. The van der Waals surface area contributed by atoms with Crippen LogP contribution in [0.15, 0.2) is 122 Å². The molecule has 17 heteroatoms. The molecule has 1 rings (SSSR count). The molecule has 1 aliphatic carbocycles. The van der Waals surface area contributed by atoms with Crippen LogP contribution >= 0.6 is 7.82 Å². The van der Waals surface area contributed by atoms with E-state index in [0.717, 1.165) is 51.4 Å². The van der Waals surface area contributed by atoms with E-state index in [1.54, 1.807) is 48.6 Å². The molecule has 0 amide bonds. The number of phosphoric ester groups is 1. The van der Waals surface area contributed by atoms with Crippen molar-refractivity contribution < 1.29 is 78.4 Å². The van der Waals surface area contributed by atoms with Gasteiger partial charge in [-0.3, -0.25) is 18.6 Å². The van der Waals surface area contributed by atoms with E-state index >= 15 is 0 Å². The van der Waals surface area contributed by atoms with Crippen molar-refractivity contribution in [2.75, 3.05) is 13.2 Å². The third-order valence-corrected chi connectivity index (χ3v) is 11.2. The van der Waals surface area contributed by atoms with Gasteiger partial charge in [0.2, 0.25) is 0 Å². The van der Waals surface area contributed by atoms with E-state index in [9.17, 15) is 59.9 Å². The van der Waals surface area contributed by atoms with Gasteiger partial charge in [0.15, 0.2) is 6.10 Å². The van der Waals surface area contributed by atoms with E-state index in [1.807, 2.05) is 18.2 Å². The first-order valence-electron chi connectivity index (χ1n) is 23.7. The number of carbonyl (C=O) groups excluding carboxylic acids is 2. The Hall–Kier alpha value is -3.87. The van der Waals surface area contributed by atoms with Crippen LogP contribution < -0.4 is 0 Å². The predicted molar refractivity (Wildman–Crippen MR) is 262 cm³/mol. The molecule has 11 atom stereocenters. The van der Waals surface area contributed by atoms with Gasteiger partial charge in [0.05, 0.1) is 24.9 Å². The summed E-state index contributed by atoms with van der Waals surface area (Å²) < 4.78 is 33.2. The smallest absolute Gasteiger partial charge is 0.462 e. The van der Waals surface area contributed by atoms with E-state index in [-0.39, 0.29) is 25.7 Å². The Bertz CT molecular complexity index is 1700. The number of hydrogen-bond donors (Lipinski definition) is 9. The highest BCUT2D eigenvalue weighted by Gasteiger charge is 2.51. The Morgan fingerprint density at radius 1 is 0.574 bits per heavy atom. The first-order chi connectivity index (χ1) is 32.6. The number of hydrogen-bond acceptors (Lipinski definition) is 15. The summed E-state index contributed by atoms with van der Waals surface area (Å²) in [5, 5.41) is 80.8. The maximum Gasteiger partial charge on any atom is 0.472 e. The minimum absolute atomic E-state index is 0.0154. The molecule has 0 bridgehead atoms. The summed E-state index contributed by atoms with van der Waals surface area (Å²) in [5.41, 5.74) is 0. The lowest BCUT2D eigenvalue weighted by Crippen LogP contribution is -2.64. The average Bonchev–Trinajstić information content (AvgIpc) is 3.31. The first-order valence-corrected chi connectivity index (χ1v) is 25.2. The molecule has 16 nitrogen and oxygen atoms in total. The molecule has 1 fully saturated rings. The van der Waals surface area contributed by atoms with Gasteiger partial charge in [-0.2, -0.15) is 0 Å². The third-order valence-electron chi connectivity index (χ3n) is 10.2. The Balaban J connectivity index is 2.67. The van der Waals surface area contributed by atoms with Gasteiger partial charge in [0.1, 0.15) is 43.2 Å². The Kier molecular flexibility index (Phi) is 35.6. The van der Waals surface area contributed by atoms with Gasteiger partial charge in [-0.05, 0) is 64.2 Å². The van der Waals surface area contributed by atoms with Crippen LogP contribution in [0.4, 0.5) is 0 Å². The number of esters is 2. The van der Waals surface area contributed by atoms with Crippen molar-refractivity contribution in [2.24, 2.45) is 0 Å². The molecular weight excluding hydrogens is 900 g/mol. The maximum atomic E-state index is 12.8. The average molecular weight is 979 g/mol. The lowest BCUT2D eigenvalue weighted by Gasteiger charge is -2.41.